The largest absolute Gasteiger partial charge is 0.326 e. The van der Waals surface area contributed by atoms with Crippen LogP contribution in [0.5, 0.6) is 0 Å². The number of nitrogens with one attached hydrogen (secondary N) is 1. The Bertz CT molecular complexity index is 414. The molecule has 1 aromatic rings. The average molecular weight is 232 g/mol. The minimum atomic E-state index is 0.170. The molecule has 1 aromatic carbocycles. The van der Waals surface area contributed by atoms with E-state index in [0.717, 1.165) is 18.7 Å². The molecule has 1 aliphatic carbocycles. The molecule has 2 rings (SSSR count). The van der Waals surface area contributed by atoms with E-state index in [2.05, 4.69) is 23.2 Å². The number of carbonyl (C=O) groups is 1. The number of anilines is 1. The molecule has 0 aliphatic heterocycles. The molecule has 0 unspecified atom stereocenters. The highest BCUT2D eigenvalue weighted by Crippen LogP contribution is 2.38. The van der Waals surface area contributed by atoms with Crippen LogP contribution in [-0.4, -0.2) is 24.9 Å². The van der Waals surface area contributed by atoms with Crippen LogP contribution in [-0.2, 0) is 11.3 Å². The Kier molecular flexibility index (Phi) is 3.48. The van der Waals surface area contributed by atoms with E-state index in [4.69, 9.17) is 0 Å². The van der Waals surface area contributed by atoms with Gasteiger partial charge in [0.2, 0.25) is 5.91 Å². The van der Waals surface area contributed by atoms with Crippen molar-refractivity contribution in [1.82, 2.24) is 4.90 Å². The number of amides is 1. The van der Waals surface area contributed by atoms with E-state index in [9.17, 15) is 4.79 Å². The predicted molar refractivity (Wildman–Crippen MR) is 69.7 cm³/mol. The van der Waals surface area contributed by atoms with E-state index in [0.29, 0.717) is 5.92 Å². The molecule has 1 amide bonds. The van der Waals surface area contributed by atoms with E-state index < -0.39 is 0 Å². The van der Waals surface area contributed by atoms with E-state index in [1.54, 1.807) is 0 Å². The lowest BCUT2D eigenvalue weighted by atomic mass is 10.1. The summed E-state index contributed by atoms with van der Waals surface area (Å²) in [5.74, 6) is 0.946. The van der Waals surface area contributed by atoms with Gasteiger partial charge in [-0.3, -0.25) is 4.79 Å². The predicted octanol–water partition coefficient (Wildman–Crippen LogP) is 2.34. The fourth-order valence-electron chi connectivity index (χ4n) is 2.03. The van der Waals surface area contributed by atoms with E-state index in [-0.39, 0.29) is 11.8 Å². The zero-order valence-electron chi connectivity index (χ0n) is 10.7. The number of nitrogens with zero attached hydrogens (tertiary/aromatic N) is 1. The first kappa shape index (κ1) is 12.1. The highest BCUT2D eigenvalue weighted by Gasteiger charge is 2.39. The summed E-state index contributed by atoms with van der Waals surface area (Å²) < 4.78 is 0. The molecule has 0 radical (unpaired) electrons. The van der Waals surface area contributed by atoms with Gasteiger partial charge in [-0.1, -0.05) is 25.1 Å². The van der Waals surface area contributed by atoms with Gasteiger partial charge in [0, 0.05) is 18.2 Å². The molecular formula is C14H20N2O. The van der Waals surface area contributed by atoms with Crippen molar-refractivity contribution in [2.24, 2.45) is 11.8 Å². The molecule has 1 N–H and O–H groups in total. The van der Waals surface area contributed by atoms with Gasteiger partial charge in [-0.2, -0.15) is 0 Å². The summed E-state index contributed by atoms with van der Waals surface area (Å²) in [6, 6.07) is 8.01. The van der Waals surface area contributed by atoms with Crippen molar-refractivity contribution in [1.29, 1.82) is 0 Å². The van der Waals surface area contributed by atoms with Crippen LogP contribution in [0.4, 0.5) is 5.69 Å². The first-order valence-electron chi connectivity index (χ1n) is 6.11. The van der Waals surface area contributed by atoms with Crippen molar-refractivity contribution >= 4 is 11.6 Å². The Labute approximate surface area is 103 Å². The molecule has 3 nitrogen and oxygen atoms in total. The molecule has 0 spiro atoms. The molecule has 0 saturated heterocycles. The first-order valence-corrected chi connectivity index (χ1v) is 6.11. The third-order valence-electron chi connectivity index (χ3n) is 3.21. The quantitative estimate of drug-likeness (QED) is 0.864. The van der Waals surface area contributed by atoms with Crippen LogP contribution in [0.3, 0.4) is 0 Å². The summed E-state index contributed by atoms with van der Waals surface area (Å²) >= 11 is 0. The number of rotatable bonds is 4. The summed E-state index contributed by atoms with van der Waals surface area (Å²) in [6.45, 7) is 2.96. The van der Waals surface area contributed by atoms with Gasteiger partial charge >= 0.3 is 0 Å². The highest BCUT2D eigenvalue weighted by atomic mass is 16.2. The Balaban J connectivity index is 2.06. The fraction of sp³-hybridized carbons (Fsp3) is 0.500. The van der Waals surface area contributed by atoms with Gasteiger partial charge < -0.3 is 10.2 Å². The maximum atomic E-state index is 11.9. The van der Waals surface area contributed by atoms with E-state index in [1.165, 1.54) is 5.56 Å². The Hall–Kier alpha value is -1.35. The maximum Gasteiger partial charge on any atom is 0.227 e. The summed E-state index contributed by atoms with van der Waals surface area (Å²) in [5, 5.41) is 3.04. The standard InChI is InChI=1S/C14H20N2O/c1-10-8-12(10)14(17)15-13-7-5-4-6-11(13)9-16(2)3/h4-7,10,12H,8-9H2,1-3H3,(H,15,17)/t10-,12-/m0/s1. The average Bonchev–Trinajstić information content (AvgIpc) is 2.98. The van der Waals surface area contributed by atoms with Crippen molar-refractivity contribution in [2.75, 3.05) is 19.4 Å². The van der Waals surface area contributed by atoms with Crippen LogP contribution in [0.25, 0.3) is 0 Å². The second-order valence-corrected chi connectivity index (χ2v) is 5.20. The molecule has 92 valence electrons. The number of hydrogen-bond acceptors (Lipinski definition) is 2. The lowest BCUT2D eigenvalue weighted by Gasteiger charge is -2.14. The molecule has 2 atom stereocenters. The Morgan fingerprint density at radius 3 is 2.65 bits per heavy atom. The summed E-state index contributed by atoms with van der Waals surface area (Å²) in [5.41, 5.74) is 2.12. The highest BCUT2D eigenvalue weighted by molar-refractivity contribution is 5.95. The monoisotopic (exact) mass is 232 g/mol. The Morgan fingerprint density at radius 2 is 2.06 bits per heavy atom. The van der Waals surface area contributed by atoms with Gasteiger partial charge in [0.1, 0.15) is 0 Å². The third-order valence-corrected chi connectivity index (χ3v) is 3.21. The van der Waals surface area contributed by atoms with Crippen LogP contribution in [0.2, 0.25) is 0 Å². The molecule has 1 fully saturated rings. The zero-order valence-corrected chi connectivity index (χ0v) is 10.7. The second-order valence-electron chi connectivity index (χ2n) is 5.20. The van der Waals surface area contributed by atoms with E-state index >= 15 is 0 Å². The summed E-state index contributed by atoms with van der Waals surface area (Å²) in [6.07, 6.45) is 1.03. The van der Waals surface area contributed by atoms with Gasteiger partial charge in [0.15, 0.2) is 0 Å². The van der Waals surface area contributed by atoms with Crippen molar-refractivity contribution in [3.05, 3.63) is 29.8 Å². The maximum absolute atomic E-state index is 11.9. The molecule has 17 heavy (non-hydrogen) atoms. The second kappa shape index (κ2) is 4.88. The first-order chi connectivity index (χ1) is 8.08. The van der Waals surface area contributed by atoms with Crippen molar-refractivity contribution < 1.29 is 4.79 Å². The summed E-state index contributed by atoms with van der Waals surface area (Å²) in [4.78, 5) is 14.0. The molecule has 1 saturated carbocycles. The number of para-hydroxylation sites is 1. The van der Waals surface area contributed by atoms with Crippen LogP contribution in [0.15, 0.2) is 24.3 Å². The van der Waals surface area contributed by atoms with E-state index in [1.807, 2.05) is 32.3 Å². The lowest BCUT2D eigenvalue weighted by molar-refractivity contribution is -0.117. The molecule has 3 heteroatoms. The zero-order chi connectivity index (χ0) is 12.4. The van der Waals surface area contributed by atoms with Gasteiger partial charge in [0.25, 0.3) is 0 Å². The fourth-order valence-corrected chi connectivity index (χ4v) is 2.03. The smallest absolute Gasteiger partial charge is 0.227 e. The topological polar surface area (TPSA) is 32.3 Å². The van der Waals surface area contributed by atoms with Crippen LogP contribution in [0.1, 0.15) is 18.9 Å². The SMILES string of the molecule is C[C@H]1C[C@@H]1C(=O)Nc1ccccc1CN(C)C. The Morgan fingerprint density at radius 1 is 1.41 bits per heavy atom. The third kappa shape index (κ3) is 3.07. The van der Waals surface area contributed by atoms with Crippen molar-refractivity contribution in [3.8, 4) is 0 Å². The normalized spacial score (nSPS) is 22.6. The minimum absolute atomic E-state index is 0.170. The van der Waals surface area contributed by atoms with Crippen molar-refractivity contribution in [2.45, 2.75) is 19.9 Å². The number of benzene rings is 1. The summed E-state index contributed by atoms with van der Waals surface area (Å²) in [7, 11) is 4.06. The molecular weight excluding hydrogens is 212 g/mol. The van der Waals surface area contributed by atoms with Crippen molar-refractivity contribution in [3.63, 3.8) is 0 Å². The van der Waals surface area contributed by atoms with Gasteiger partial charge in [-0.15, -0.1) is 0 Å². The van der Waals surface area contributed by atoms with Gasteiger partial charge in [0.05, 0.1) is 0 Å². The number of hydrogen-bond donors (Lipinski definition) is 1. The molecule has 1 aliphatic rings. The van der Waals surface area contributed by atoms with Crippen LogP contribution >= 0.6 is 0 Å². The molecule has 0 aromatic heterocycles. The van der Waals surface area contributed by atoms with Gasteiger partial charge in [-0.05, 0) is 38.1 Å². The molecule has 0 bridgehead atoms. The molecule has 0 heterocycles. The lowest BCUT2D eigenvalue weighted by Crippen LogP contribution is -2.18. The van der Waals surface area contributed by atoms with Crippen LogP contribution in [0, 0.1) is 11.8 Å². The minimum Gasteiger partial charge on any atom is -0.326 e. The number of carbonyl (C=O) groups excluding carboxylic acids is 1. The van der Waals surface area contributed by atoms with Gasteiger partial charge in [-0.25, -0.2) is 0 Å². The van der Waals surface area contributed by atoms with Crippen LogP contribution < -0.4 is 5.32 Å².